The maximum Gasteiger partial charge on any atom is 0.240 e. The molecular formula is C16H20BrN3O. The Morgan fingerprint density at radius 1 is 1.24 bits per heavy atom. The lowest BCUT2D eigenvalue weighted by molar-refractivity contribution is 0.357. The van der Waals surface area contributed by atoms with E-state index in [1.165, 1.54) is 36.8 Å². The van der Waals surface area contributed by atoms with Crippen molar-refractivity contribution in [3.8, 4) is 11.4 Å². The summed E-state index contributed by atoms with van der Waals surface area (Å²) in [7, 11) is 0. The third-order valence-corrected chi connectivity index (χ3v) is 5.31. The molecule has 0 amide bonds. The summed E-state index contributed by atoms with van der Waals surface area (Å²) in [5.74, 6) is 1.33. The number of rotatable bonds is 4. The molecule has 0 spiro atoms. The van der Waals surface area contributed by atoms with E-state index in [-0.39, 0.29) is 0 Å². The highest BCUT2D eigenvalue weighted by Gasteiger charge is 2.16. The molecule has 1 aromatic heterocycles. The first-order valence-electron chi connectivity index (χ1n) is 7.46. The van der Waals surface area contributed by atoms with Gasteiger partial charge in [0.15, 0.2) is 0 Å². The van der Waals surface area contributed by atoms with Gasteiger partial charge in [0.05, 0.1) is 6.54 Å². The highest BCUT2D eigenvalue weighted by Crippen LogP contribution is 2.27. The minimum Gasteiger partial charge on any atom is -0.338 e. The second-order valence-corrected chi connectivity index (χ2v) is 6.59. The molecule has 0 unspecified atom stereocenters. The second kappa shape index (κ2) is 6.28. The van der Waals surface area contributed by atoms with Crippen LogP contribution in [0.2, 0.25) is 0 Å². The van der Waals surface area contributed by atoms with E-state index in [9.17, 15) is 0 Å². The maximum atomic E-state index is 5.35. The van der Waals surface area contributed by atoms with Crippen LogP contribution >= 0.6 is 15.9 Å². The van der Waals surface area contributed by atoms with E-state index in [0.717, 1.165) is 10.0 Å². The van der Waals surface area contributed by atoms with Gasteiger partial charge in [-0.1, -0.05) is 33.9 Å². The predicted octanol–water partition coefficient (Wildman–Crippen LogP) is 4.15. The molecule has 0 saturated heterocycles. The largest absolute Gasteiger partial charge is 0.338 e. The number of nitrogens with one attached hydrogen (secondary N) is 1. The number of aryl methyl sites for hydroxylation is 2. The van der Waals surface area contributed by atoms with Gasteiger partial charge < -0.3 is 9.84 Å². The Bertz CT molecular complexity index is 609. The molecule has 3 rings (SSSR count). The SMILES string of the molecule is Cc1cc(-c2noc(CNC3CCCC3)n2)cc(C)c1Br. The van der Waals surface area contributed by atoms with E-state index in [4.69, 9.17) is 4.52 Å². The van der Waals surface area contributed by atoms with E-state index >= 15 is 0 Å². The molecule has 1 N–H and O–H groups in total. The first-order chi connectivity index (χ1) is 10.1. The summed E-state index contributed by atoms with van der Waals surface area (Å²) in [5.41, 5.74) is 3.37. The zero-order chi connectivity index (χ0) is 14.8. The molecule has 0 bridgehead atoms. The number of hydrogen-bond acceptors (Lipinski definition) is 4. The molecular weight excluding hydrogens is 330 g/mol. The van der Waals surface area contributed by atoms with E-state index in [0.29, 0.717) is 24.3 Å². The number of hydrogen-bond donors (Lipinski definition) is 1. The number of halogens is 1. The predicted molar refractivity (Wildman–Crippen MR) is 86.0 cm³/mol. The van der Waals surface area contributed by atoms with Crippen LogP contribution in [0.3, 0.4) is 0 Å². The van der Waals surface area contributed by atoms with Gasteiger partial charge >= 0.3 is 0 Å². The standard InChI is InChI=1S/C16H20BrN3O/c1-10-7-12(8-11(2)15(10)17)16-19-14(21-20-16)9-18-13-5-3-4-6-13/h7-8,13,18H,3-6,9H2,1-2H3. The molecule has 0 radical (unpaired) electrons. The van der Waals surface area contributed by atoms with E-state index in [1.54, 1.807) is 0 Å². The third-order valence-electron chi connectivity index (χ3n) is 4.06. The van der Waals surface area contributed by atoms with Crippen molar-refractivity contribution in [2.24, 2.45) is 0 Å². The van der Waals surface area contributed by atoms with Gasteiger partial charge in [-0.15, -0.1) is 0 Å². The molecule has 2 aromatic rings. The van der Waals surface area contributed by atoms with Crippen molar-refractivity contribution in [1.82, 2.24) is 15.5 Å². The quantitative estimate of drug-likeness (QED) is 0.900. The maximum absolute atomic E-state index is 5.35. The molecule has 1 aliphatic carbocycles. The molecule has 1 aliphatic rings. The van der Waals surface area contributed by atoms with Crippen molar-refractivity contribution in [3.63, 3.8) is 0 Å². The van der Waals surface area contributed by atoms with Crippen LogP contribution in [-0.2, 0) is 6.54 Å². The summed E-state index contributed by atoms with van der Waals surface area (Å²) in [6.45, 7) is 4.80. The Balaban J connectivity index is 1.72. The normalized spacial score (nSPS) is 15.8. The van der Waals surface area contributed by atoms with Gasteiger partial charge in [0, 0.05) is 16.1 Å². The molecule has 0 aliphatic heterocycles. The first-order valence-corrected chi connectivity index (χ1v) is 8.26. The average Bonchev–Trinajstić information content (AvgIpc) is 3.13. The Hall–Kier alpha value is -1.20. The van der Waals surface area contributed by atoms with Gasteiger partial charge in [0.1, 0.15) is 0 Å². The first kappa shape index (κ1) is 14.7. The number of benzene rings is 1. The van der Waals surface area contributed by atoms with E-state index < -0.39 is 0 Å². The Morgan fingerprint density at radius 3 is 2.57 bits per heavy atom. The second-order valence-electron chi connectivity index (χ2n) is 5.80. The monoisotopic (exact) mass is 349 g/mol. The molecule has 1 saturated carbocycles. The summed E-state index contributed by atoms with van der Waals surface area (Å²) in [5, 5.41) is 7.59. The lowest BCUT2D eigenvalue weighted by atomic mass is 10.1. The zero-order valence-corrected chi connectivity index (χ0v) is 14.0. The third kappa shape index (κ3) is 3.35. The fourth-order valence-electron chi connectivity index (χ4n) is 2.88. The van der Waals surface area contributed by atoms with Crippen LogP contribution < -0.4 is 5.32 Å². The van der Waals surface area contributed by atoms with E-state index in [2.05, 4.69) is 57.4 Å². The van der Waals surface area contributed by atoms with Gasteiger partial charge in [-0.05, 0) is 49.9 Å². The summed E-state index contributed by atoms with van der Waals surface area (Å²) >= 11 is 3.58. The van der Waals surface area contributed by atoms with Crippen LogP contribution in [0.5, 0.6) is 0 Å². The molecule has 4 nitrogen and oxygen atoms in total. The number of nitrogens with zero attached hydrogens (tertiary/aromatic N) is 2. The van der Waals surface area contributed by atoms with Crippen molar-refractivity contribution in [2.45, 2.75) is 52.1 Å². The average molecular weight is 350 g/mol. The van der Waals surface area contributed by atoms with Crippen molar-refractivity contribution in [3.05, 3.63) is 33.6 Å². The zero-order valence-electron chi connectivity index (χ0n) is 12.4. The Morgan fingerprint density at radius 2 is 1.90 bits per heavy atom. The molecule has 112 valence electrons. The Labute approximate surface area is 133 Å². The van der Waals surface area contributed by atoms with Crippen molar-refractivity contribution >= 4 is 15.9 Å². The summed E-state index contributed by atoms with van der Waals surface area (Å²) < 4.78 is 6.49. The minimum absolute atomic E-state index is 0.609. The summed E-state index contributed by atoms with van der Waals surface area (Å²) in [6, 6.07) is 4.77. The van der Waals surface area contributed by atoms with Crippen molar-refractivity contribution in [1.29, 1.82) is 0 Å². The fourth-order valence-corrected chi connectivity index (χ4v) is 3.11. The minimum atomic E-state index is 0.609. The van der Waals surface area contributed by atoms with Gasteiger partial charge in [0.25, 0.3) is 0 Å². The molecule has 5 heteroatoms. The van der Waals surface area contributed by atoms with Gasteiger partial charge in [-0.25, -0.2) is 0 Å². The lowest BCUT2D eigenvalue weighted by Gasteiger charge is -2.08. The van der Waals surface area contributed by atoms with Crippen molar-refractivity contribution in [2.75, 3.05) is 0 Å². The fraction of sp³-hybridized carbons (Fsp3) is 0.500. The van der Waals surface area contributed by atoms with Crippen LogP contribution in [0.25, 0.3) is 11.4 Å². The topological polar surface area (TPSA) is 51.0 Å². The summed E-state index contributed by atoms with van der Waals surface area (Å²) in [4.78, 5) is 4.50. The molecule has 1 aromatic carbocycles. The van der Waals surface area contributed by atoms with Crippen molar-refractivity contribution < 1.29 is 4.52 Å². The van der Waals surface area contributed by atoms with Crippen LogP contribution in [0.1, 0.15) is 42.7 Å². The van der Waals surface area contributed by atoms with Gasteiger partial charge in [-0.2, -0.15) is 4.98 Å². The van der Waals surface area contributed by atoms with Gasteiger partial charge in [-0.3, -0.25) is 0 Å². The molecule has 0 atom stereocenters. The van der Waals surface area contributed by atoms with E-state index in [1.807, 2.05) is 0 Å². The summed E-state index contributed by atoms with van der Waals surface area (Å²) in [6.07, 6.45) is 5.16. The smallest absolute Gasteiger partial charge is 0.240 e. The molecule has 1 heterocycles. The Kier molecular flexibility index (Phi) is 4.40. The number of aromatic nitrogens is 2. The van der Waals surface area contributed by atoms with Crippen LogP contribution in [0, 0.1) is 13.8 Å². The highest BCUT2D eigenvalue weighted by atomic mass is 79.9. The highest BCUT2D eigenvalue weighted by molar-refractivity contribution is 9.10. The van der Waals surface area contributed by atoms with Gasteiger partial charge in [0.2, 0.25) is 11.7 Å². The molecule has 21 heavy (non-hydrogen) atoms. The van der Waals surface area contributed by atoms with Crippen LogP contribution in [0.15, 0.2) is 21.1 Å². The lowest BCUT2D eigenvalue weighted by Crippen LogP contribution is -2.25. The van der Waals surface area contributed by atoms with Crippen LogP contribution in [0.4, 0.5) is 0 Å². The van der Waals surface area contributed by atoms with Crippen LogP contribution in [-0.4, -0.2) is 16.2 Å². The molecule has 1 fully saturated rings.